The van der Waals surface area contributed by atoms with Crippen LogP contribution in [0, 0.1) is 0 Å². The van der Waals surface area contributed by atoms with Gasteiger partial charge in [-0.1, -0.05) is 43.7 Å². The molecule has 0 saturated carbocycles. The third-order valence-electron chi connectivity index (χ3n) is 5.41. The van der Waals surface area contributed by atoms with E-state index in [0.717, 1.165) is 50.0 Å². The van der Waals surface area contributed by atoms with Crippen LogP contribution < -0.4 is 20.9 Å². The summed E-state index contributed by atoms with van der Waals surface area (Å²) in [6, 6.07) is 15.1. The van der Waals surface area contributed by atoms with Gasteiger partial charge in [0, 0.05) is 31.0 Å². The molecule has 2 aromatic carbocycles. The Kier molecular flexibility index (Phi) is 7.71. The van der Waals surface area contributed by atoms with Gasteiger partial charge in [0.1, 0.15) is 0 Å². The number of nitrogens with zero attached hydrogens (tertiary/aromatic N) is 1. The lowest BCUT2D eigenvalue weighted by atomic mass is 10.1. The van der Waals surface area contributed by atoms with E-state index in [4.69, 9.17) is 0 Å². The molecule has 0 radical (unpaired) electrons. The highest BCUT2D eigenvalue weighted by molar-refractivity contribution is 6.02. The molecule has 3 rings (SSSR count). The van der Waals surface area contributed by atoms with Gasteiger partial charge in [0.05, 0.1) is 11.6 Å². The fourth-order valence-electron chi connectivity index (χ4n) is 3.68. The molecule has 1 heterocycles. The molecule has 6 heteroatoms. The Morgan fingerprint density at radius 1 is 1.07 bits per heavy atom. The molecule has 0 aliphatic carbocycles. The first kappa shape index (κ1) is 21.7. The zero-order valence-electron chi connectivity index (χ0n) is 17.9. The van der Waals surface area contributed by atoms with Crippen molar-refractivity contribution in [3.63, 3.8) is 0 Å². The Morgan fingerprint density at radius 2 is 1.80 bits per heavy atom. The Balaban J connectivity index is 1.78. The number of benzene rings is 2. The zero-order chi connectivity index (χ0) is 21.3. The summed E-state index contributed by atoms with van der Waals surface area (Å²) >= 11 is 0. The zero-order valence-corrected chi connectivity index (χ0v) is 17.9. The van der Waals surface area contributed by atoms with Crippen molar-refractivity contribution in [1.29, 1.82) is 0 Å². The van der Waals surface area contributed by atoms with Crippen molar-refractivity contribution in [3.05, 3.63) is 59.7 Å². The number of hydrogen-bond donors (Lipinski definition) is 3. The third kappa shape index (κ3) is 5.75. The predicted octanol–water partition coefficient (Wildman–Crippen LogP) is 4.70. The molecule has 6 nitrogen and oxygen atoms in total. The predicted molar refractivity (Wildman–Crippen MR) is 122 cm³/mol. The van der Waals surface area contributed by atoms with Crippen molar-refractivity contribution in [2.24, 2.45) is 0 Å². The number of carbonyl (C=O) groups is 2. The maximum atomic E-state index is 13.2. The highest BCUT2D eigenvalue weighted by Crippen LogP contribution is 2.28. The van der Waals surface area contributed by atoms with Gasteiger partial charge >= 0.3 is 6.03 Å². The minimum absolute atomic E-state index is 0.112. The number of carbonyl (C=O) groups excluding carboxylic acids is 2. The van der Waals surface area contributed by atoms with Crippen LogP contribution in [0.1, 0.15) is 61.5 Å². The second-order valence-electron chi connectivity index (χ2n) is 7.77. The molecule has 1 aliphatic rings. The summed E-state index contributed by atoms with van der Waals surface area (Å²) in [7, 11) is 0. The molecule has 0 bridgehead atoms. The molecule has 0 aromatic heterocycles. The lowest BCUT2D eigenvalue weighted by molar-refractivity contribution is 0.0940. The first-order valence-electron chi connectivity index (χ1n) is 10.9. The highest BCUT2D eigenvalue weighted by Gasteiger charge is 2.21. The van der Waals surface area contributed by atoms with Crippen LogP contribution in [0.5, 0.6) is 0 Å². The minimum Gasteiger partial charge on any atom is -0.371 e. The molecular weight excluding hydrogens is 376 g/mol. The molecule has 30 heavy (non-hydrogen) atoms. The maximum Gasteiger partial charge on any atom is 0.319 e. The first-order chi connectivity index (χ1) is 14.6. The normalized spacial score (nSPS) is 14.3. The first-order valence-corrected chi connectivity index (χ1v) is 10.9. The van der Waals surface area contributed by atoms with Gasteiger partial charge in [-0.3, -0.25) is 4.79 Å². The second kappa shape index (κ2) is 10.7. The summed E-state index contributed by atoms with van der Waals surface area (Å²) in [5, 5.41) is 8.80. The number of nitrogens with one attached hydrogen (secondary N) is 3. The van der Waals surface area contributed by atoms with Gasteiger partial charge in [-0.15, -0.1) is 0 Å². The number of unbranched alkanes of at least 4 members (excludes halogenated alkanes) is 1. The van der Waals surface area contributed by atoms with E-state index in [-0.39, 0.29) is 18.0 Å². The third-order valence-corrected chi connectivity index (χ3v) is 5.41. The van der Waals surface area contributed by atoms with Crippen molar-refractivity contribution in [3.8, 4) is 0 Å². The quantitative estimate of drug-likeness (QED) is 0.554. The van der Waals surface area contributed by atoms with Crippen LogP contribution in [0.3, 0.4) is 0 Å². The van der Waals surface area contributed by atoms with Crippen molar-refractivity contribution < 1.29 is 9.59 Å². The number of hydrogen-bond acceptors (Lipinski definition) is 3. The molecule has 1 saturated heterocycles. The Hall–Kier alpha value is -3.02. The summed E-state index contributed by atoms with van der Waals surface area (Å²) in [6.07, 6.45) is 4.21. The molecule has 2 aromatic rings. The van der Waals surface area contributed by atoms with E-state index in [1.165, 1.54) is 0 Å². The summed E-state index contributed by atoms with van der Waals surface area (Å²) < 4.78 is 0. The monoisotopic (exact) mass is 408 g/mol. The van der Waals surface area contributed by atoms with Crippen LogP contribution in [0.15, 0.2) is 48.5 Å². The van der Waals surface area contributed by atoms with Crippen LogP contribution in [-0.2, 0) is 0 Å². The van der Waals surface area contributed by atoms with E-state index in [9.17, 15) is 9.59 Å². The SMILES string of the molecule is CCCCNC(=O)Nc1ccc(N2CCCC2)c(C(=O)NC(C)c2ccccc2)c1. The minimum atomic E-state index is -0.249. The molecule has 1 unspecified atom stereocenters. The second-order valence-corrected chi connectivity index (χ2v) is 7.77. The topological polar surface area (TPSA) is 73.5 Å². The molecule has 3 amide bonds. The van der Waals surface area contributed by atoms with Crippen LogP contribution in [0.25, 0.3) is 0 Å². The van der Waals surface area contributed by atoms with E-state index in [2.05, 4.69) is 27.8 Å². The Labute approximate surface area is 179 Å². The van der Waals surface area contributed by atoms with Crippen molar-refractivity contribution in [1.82, 2.24) is 10.6 Å². The van der Waals surface area contributed by atoms with Crippen LogP contribution in [0.4, 0.5) is 16.2 Å². The smallest absolute Gasteiger partial charge is 0.319 e. The fraction of sp³-hybridized carbons (Fsp3) is 0.417. The summed E-state index contributed by atoms with van der Waals surface area (Å²) in [4.78, 5) is 27.6. The summed E-state index contributed by atoms with van der Waals surface area (Å²) in [5.74, 6) is -0.136. The molecule has 160 valence electrons. The van der Waals surface area contributed by atoms with Gasteiger partial charge in [-0.25, -0.2) is 4.79 Å². The van der Waals surface area contributed by atoms with E-state index in [1.807, 2.05) is 49.4 Å². The van der Waals surface area contributed by atoms with Gasteiger partial charge in [0.15, 0.2) is 0 Å². The van der Waals surface area contributed by atoms with Gasteiger partial charge < -0.3 is 20.9 Å². The average molecular weight is 409 g/mol. The molecule has 1 atom stereocenters. The molecule has 3 N–H and O–H groups in total. The number of urea groups is 1. The molecule has 1 fully saturated rings. The van der Waals surface area contributed by atoms with Crippen molar-refractivity contribution in [2.75, 3.05) is 29.9 Å². The Bertz CT molecular complexity index is 848. The van der Waals surface area contributed by atoms with E-state index < -0.39 is 0 Å². The summed E-state index contributed by atoms with van der Waals surface area (Å²) in [5.41, 5.74) is 3.18. The van der Waals surface area contributed by atoms with E-state index >= 15 is 0 Å². The number of anilines is 2. The molecule has 0 spiro atoms. The Morgan fingerprint density at radius 3 is 2.50 bits per heavy atom. The number of rotatable bonds is 8. The standard InChI is InChI=1S/C24H32N4O2/c1-3-4-14-25-24(30)27-20-12-13-22(28-15-8-9-16-28)21(17-20)23(29)26-18(2)19-10-6-5-7-11-19/h5-7,10-13,17-18H,3-4,8-9,14-16H2,1-2H3,(H,26,29)(H2,25,27,30). The largest absolute Gasteiger partial charge is 0.371 e. The van der Waals surface area contributed by atoms with Crippen LogP contribution in [0.2, 0.25) is 0 Å². The van der Waals surface area contributed by atoms with Crippen LogP contribution >= 0.6 is 0 Å². The van der Waals surface area contributed by atoms with Crippen molar-refractivity contribution in [2.45, 2.75) is 45.6 Å². The van der Waals surface area contributed by atoms with E-state index in [1.54, 1.807) is 6.07 Å². The maximum absolute atomic E-state index is 13.2. The fourth-order valence-corrected chi connectivity index (χ4v) is 3.68. The van der Waals surface area contributed by atoms with Gasteiger partial charge in [0.25, 0.3) is 5.91 Å². The van der Waals surface area contributed by atoms with E-state index in [0.29, 0.717) is 17.8 Å². The lowest BCUT2D eigenvalue weighted by Crippen LogP contribution is -2.31. The van der Waals surface area contributed by atoms with Gasteiger partial charge in [-0.05, 0) is 49.9 Å². The summed E-state index contributed by atoms with van der Waals surface area (Å²) in [6.45, 7) is 6.58. The number of amides is 3. The van der Waals surface area contributed by atoms with Gasteiger partial charge in [0.2, 0.25) is 0 Å². The van der Waals surface area contributed by atoms with Gasteiger partial charge in [-0.2, -0.15) is 0 Å². The molecular formula is C24H32N4O2. The highest BCUT2D eigenvalue weighted by atomic mass is 16.2. The molecule has 1 aliphatic heterocycles. The van der Waals surface area contributed by atoms with Crippen molar-refractivity contribution >= 4 is 23.3 Å². The average Bonchev–Trinajstić information content (AvgIpc) is 3.29. The lowest BCUT2D eigenvalue weighted by Gasteiger charge is -2.23. The van der Waals surface area contributed by atoms with Crippen LogP contribution in [-0.4, -0.2) is 31.6 Å².